The minimum Gasteiger partial charge on any atom is -0.507 e. The second kappa shape index (κ2) is 8.02. The fourth-order valence-electron chi connectivity index (χ4n) is 3.34. The Morgan fingerprint density at radius 3 is 1.59 bits per heavy atom. The number of phenolic OH excluding ortho intramolecular Hbond substituents is 1. The van der Waals surface area contributed by atoms with Gasteiger partial charge in [-0.25, -0.2) is 0 Å². The predicted molar refractivity (Wildman–Crippen MR) is 114 cm³/mol. The lowest BCUT2D eigenvalue weighted by Gasteiger charge is -2.27. The van der Waals surface area contributed by atoms with Gasteiger partial charge in [-0.05, 0) is 57.5 Å². The van der Waals surface area contributed by atoms with Gasteiger partial charge in [0, 0.05) is 15.9 Å². The SMILES string of the molecule is COc1cccc(C)c1P(c1cccc(C)c1O)c1c(C)cccc1OC. The molecule has 0 amide bonds. The Kier molecular flexibility index (Phi) is 5.72. The summed E-state index contributed by atoms with van der Waals surface area (Å²) in [5.74, 6) is 1.99. The van der Waals surface area contributed by atoms with Crippen molar-refractivity contribution in [2.45, 2.75) is 20.8 Å². The number of hydrogen-bond acceptors (Lipinski definition) is 3. The molecule has 3 rings (SSSR count). The van der Waals surface area contributed by atoms with Crippen molar-refractivity contribution in [1.82, 2.24) is 0 Å². The van der Waals surface area contributed by atoms with Crippen molar-refractivity contribution in [1.29, 1.82) is 0 Å². The van der Waals surface area contributed by atoms with Crippen molar-refractivity contribution in [3.63, 3.8) is 0 Å². The van der Waals surface area contributed by atoms with Crippen LogP contribution in [0.2, 0.25) is 0 Å². The summed E-state index contributed by atoms with van der Waals surface area (Å²) in [4.78, 5) is 0. The van der Waals surface area contributed by atoms with E-state index in [9.17, 15) is 5.11 Å². The molecule has 0 aliphatic heterocycles. The van der Waals surface area contributed by atoms with E-state index in [0.29, 0.717) is 5.75 Å². The van der Waals surface area contributed by atoms with E-state index in [2.05, 4.69) is 26.0 Å². The molecule has 0 unspecified atom stereocenters. The zero-order valence-electron chi connectivity index (χ0n) is 16.4. The third-order valence-corrected chi connectivity index (χ3v) is 7.63. The Hall–Kier alpha value is -2.51. The maximum Gasteiger partial charge on any atom is 0.127 e. The van der Waals surface area contributed by atoms with Gasteiger partial charge in [-0.15, -0.1) is 0 Å². The van der Waals surface area contributed by atoms with Crippen molar-refractivity contribution < 1.29 is 14.6 Å². The Labute approximate surface area is 162 Å². The van der Waals surface area contributed by atoms with Crippen molar-refractivity contribution in [3.05, 3.63) is 71.3 Å². The lowest BCUT2D eigenvalue weighted by Crippen LogP contribution is -2.27. The van der Waals surface area contributed by atoms with Gasteiger partial charge in [0.05, 0.1) is 14.2 Å². The van der Waals surface area contributed by atoms with Crippen LogP contribution in [-0.4, -0.2) is 19.3 Å². The zero-order chi connectivity index (χ0) is 19.6. The molecule has 0 aromatic heterocycles. The van der Waals surface area contributed by atoms with Crippen LogP contribution in [-0.2, 0) is 0 Å². The molecule has 1 N–H and O–H groups in total. The molecule has 0 aliphatic rings. The average Bonchev–Trinajstić information content (AvgIpc) is 2.67. The molecule has 4 heteroatoms. The van der Waals surface area contributed by atoms with Crippen LogP contribution in [0.4, 0.5) is 0 Å². The van der Waals surface area contributed by atoms with E-state index < -0.39 is 7.92 Å². The molecular weight excluding hydrogens is 355 g/mol. The molecular formula is C23H25O3P. The fraction of sp³-hybridized carbons (Fsp3) is 0.217. The van der Waals surface area contributed by atoms with Gasteiger partial charge in [-0.3, -0.25) is 0 Å². The number of para-hydroxylation sites is 1. The molecule has 3 aromatic carbocycles. The monoisotopic (exact) mass is 380 g/mol. The summed E-state index contributed by atoms with van der Waals surface area (Å²) in [5, 5.41) is 14.0. The number of hydrogen-bond donors (Lipinski definition) is 1. The average molecular weight is 380 g/mol. The van der Waals surface area contributed by atoms with Crippen LogP contribution < -0.4 is 25.4 Å². The molecule has 0 heterocycles. The van der Waals surface area contributed by atoms with Crippen LogP contribution >= 0.6 is 7.92 Å². The molecule has 0 radical (unpaired) electrons. The molecule has 3 nitrogen and oxygen atoms in total. The van der Waals surface area contributed by atoms with Gasteiger partial charge in [0.2, 0.25) is 0 Å². The minimum absolute atomic E-state index is 0.333. The highest BCUT2D eigenvalue weighted by Crippen LogP contribution is 2.44. The topological polar surface area (TPSA) is 38.7 Å². The lowest BCUT2D eigenvalue weighted by molar-refractivity contribution is 0.417. The Morgan fingerprint density at radius 2 is 1.11 bits per heavy atom. The summed E-state index contributed by atoms with van der Waals surface area (Å²) >= 11 is 0. The van der Waals surface area contributed by atoms with Crippen LogP contribution in [0.5, 0.6) is 17.2 Å². The summed E-state index contributed by atoms with van der Waals surface area (Å²) in [6.07, 6.45) is 0. The van der Waals surface area contributed by atoms with Gasteiger partial charge < -0.3 is 14.6 Å². The Balaban J connectivity index is 2.42. The summed E-state index contributed by atoms with van der Waals surface area (Å²) in [6, 6.07) is 18.1. The molecule has 0 aliphatic carbocycles. The molecule has 0 bridgehead atoms. The third kappa shape index (κ3) is 3.52. The molecule has 3 aromatic rings. The van der Waals surface area contributed by atoms with E-state index >= 15 is 0 Å². The van der Waals surface area contributed by atoms with Crippen LogP contribution in [0.3, 0.4) is 0 Å². The van der Waals surface area contributed by atoms with E-state index in [1.807, 2.05) is 49.4 Å². The number of methoxy groups -OCH3 is 2. The summed E-state index contributed by atoms with van der Waals surface area (Å²) in [5.41, 5.74) is 3.12. The third-order valence-electron chi connectivity index (χ3n) is 4.75. The van der Waals surface area contributed by atoms with Crippen molar-refractivity contribution >= 4 is 23.8 Å². The molecule has 0 saturated heterocycles. The second-order valence-corrected chi connectivity index (χ2v) is 8.58. The first kappa shape index (κ1) is 19.3. The number of ether oxygens (including phenoxy) is 2. The zero-order valence-corrected chi connectivity index (χ0v) is 17.3. The fourth-order valence-corrected chi connectivity index (χ4v) is 6.30. The second-order valence-electron chi connectivity index (χ2n) is 6.53. The van der Waals surface area contributed by atoms with Gasteiger partial charge in [-0.1, -0.05) is 42.5 Å². The molecule has 0 spiro atoms. The normalized spacial score (nSPS) is 10.9. The summed E-state index contributed by atoms with van der Waals surface area (Å²) < 4.78 is 11.5. The maximum absolute atomic E-state index is 10.9. The number of phenols is 1. The molecule has 27 heavy (non-hydrogen) atoms. The number of benzene rings is 3. The minimum atomic E-state index is -1.08. The Bertz CT molecular complexity index is 912. The van der Waals surface area contributed by atoms with Crippen molar-refractivity contribution in [2.24, 2.45) is 0 Å². The number of rotatable bonds is 5. The van der Waals surface area contributed by atoms with Crippen LogP contribution in [0, 0.1) is 20.8 Å². The smallest absolute Gasteiger partial charge is 0.127 e. The first-order valence-corrected chi connectivity index (χ1v) is 10.2. The van der Waals surface area contributed by atoms with E-state index in [0.717, 1.165) is 44.1 Å². The first-order valence-electron chi connectivity index (χ1n) is 8.85. The molecule has 0 atom stereocenters. The molecule has 0 fully saturated rings. The standard InChI is InChI=1S/C23H25O3P/c1-15-9-8-14-20(21(15)24)27(22-16(2)10-6-12-18(22)25-4)23-17(3)11-7-13-19(23)26-5/h6-14,24H,1-5H3. The van der Waals surface area contributed by atoms with E-state index in [-0.39, 0.29) is 0 Å². The molecule has 0 saturated carbocycles. The number of aromatic hydroxyl groups is 1. The van der Waals surface area contributed by atoms with Gasteiger partial charge >= 0.3 is 0 Å². The van der Waals surface area contributed by atoms with Crippen LogP contribution in [0.15, 0.2) is 54.6 Å². The highest BCUT2D eigenvalue weighted by Gasteiger charge is 2.29. The maximum atomic E-state index is 10.9. The molecule has 140 valence electrons. The number of aryl methyl sites for hydroxylation is 3. The van der Waals surface area contributed by atoms with Gasteiger partial charge in [-0.2, -0.15) is 0 Å². The van der Waals surface area contributed by atoms with Gasteiger partial charge in [0.1, 0.15) is 17.2 Å². The largest absolute Gasteiger partial charge is 0.507 e. The first-order chi connectivity index (χ1) is 13.0. The van der Waals surface area contributed by atoms with E-state index in [1.165, 1.54) is 0 Å². The summed E-state index contributed by atoms with van der Waals surface area (Å²) in [7, 11) is 2.30. The van der Waals surface area contributed by atoms with Crippen molar-refractivity contribution in [2.75, 3.05) is 14.2 Å². The van der Waals surface area contributed by atoms with Crippen LogP contribution in [0.1, 0.15) is 16.7 Å². The highest BCUT2D eigenvalue weighted by atomic mass is 31.1. The highest BCUT2D eigenvalue weighted by molar-refractivity contribution is 7.80. The van der Waals surface area contributed by atoms with Gasteiger partial charge in [0.15, 0.2) is 0 Å². The quantitative estimate of drug-likeness (QED) is 0.678. The van der Waals surface area contributed by atoms with E-state index in [1.54, 1.807) is 14.2 Å². The summed E-state index contributed by atoms with van der Waals surface area (Å²) in [6.45, 7) is 6.10. The van der Waals surface area contributed by atoms with Crippen LogP contribution in [0.25, 0.3) is 0 Å². The predicted octanol–water partition coefficient (Wildman–Crippen LogP) is 4.09. The van der Waals surface area contributed by atoms with Crippen molar-refractivity contribution in [3.8, 4) is 17.2 Å². The van der Waals surface area contributed by atoms with Gasteiger partial charge in [0.25, 0.3) is 0 Å². The van der Waals surface area contributed by atoms with E-state index in [4.69, 9.17) is 9.47 Å². The Morgan fingerprint density at radius 1 is 0.667 bits per heavy atom. The lowest BCUT2D eigenvalue weighted by atomic mass is 10.2.